The van der Waals surface area contributed by atoms with Gasteiger partial charge in [-0.05, 0) is 140 Å². The number of carbonyl (C=O) groups excluding carboxylic acids is 4. The molecule has 0 aliphatic carbocycles. The second-order valence-electron chi connectivity index (χ2n) is 18.9. The van der Waals surface area contributed by atoms with Crippen molar-refractivity contribution in [2.75, 3.05) is 0 Å². The fourth-order valence-electron chi connectivity index (χ4n) is 7.33. The third-order valence-corrected chi connectivity index (χ3v) is 11.8. The number of ether oxygens (including phenoxy) is 1. The second kappa shape index (κ2) is 37.8. The summed E-state index contributed by atoms with van der Waals surface area (Å²) in [6, 6.07) is 32.5. The molecule has 8 rings (SSSR count). The predicted molar refractivity (Wildman–Crippen MR) is 328 cm³/mol. The first-order valence-corrected chi connectivity index (χ1v) is 27.0. The number of hydrogen-bond donors (Lipinski definition) is 16. The van der Waals surface area contributed by atoms with Crippen molar-refractivity contribution >= 4 is 29.7 Å². The van der Waals surface area contributed by atoms with Crippen molar-refractivity contribution in [1.29, 1.82) is 5.26 Å². The number of halogens is 5. The van der Waals surface area contributed by atoms with Crippen LogP contribution >= 0.6 is 0 Å². The average Bonchev–Trinajstić information content (AvgIpc) is 2.54. The quantitative estimate of drug-likeness (QED) is 0.0127. The van der Waals surface area contributed by atoms with Gasteiger partial charge < -0.3 is 72.4 Å². The molecule has 0 spiro atoms. The van der Waals surface area contributed by atoms with Gasteiger partial charge in [-0.1, -0.05) is 32.0 Å². The highest BCUT2D eigenvalue weighted by molar-refractivity contribution is 6.03. The molecule has 0 aliphatic rings. The van der Waals surface area contributed by atoms with E-state index in [1.807, 2.05) is 5.43 Å². The van der Waals surface area contributed by atoms with E-state index in [1.54, 1.807) is 64.1 Å². The molecule has 486 valence electrons. The number of hydrazone groups is 1. The number of carbonyl (C=O) groups is 4. The summed E-state index contributed by atoms with van der Waals surface area (Å²) in [5, 5.41) is 103. The zero-order chi connectivity index (χ0) is 68.6. The number of para-hydroxylation sites is 1. The first-order valence-electron chi connectivity index (χ1n) is 27.0. The number of nitrogens with one attached hydrogen (secondary N) is 5. The van der Waals surface area contributed by atoms with Gasteiger partial charge >= 0.3 is 18.2 Å². The first kappa shape index (κ1) is 74.4. The van der Waals surface area contributed by atoms with Crippen molar-refractivity contribution in [2.24, 2.45) is 16.7 Å². The van der Waals surface area contributed by atoms with E-state index in [4.69, 9.17) is 36.9 Å². The number of aromatic hydroxyl groups is 9. The molecule has 0 radical (unpaired) electrons. The standard InChI is InChI=1S/C18H20FN3O4.C14H12FNO3.C10H12O3.C8H10FN3O2.C7H8FNO.C7H4FNO/c1-3-15(14-4-5-16(24)10(2)17(14)25)21-22-18(26)20-9-11-6-12(19)8-13(23)7-11;15-11-6-10(7-12(17)8-11)9-16-14(18)19-13-4-2-1-3-5-13;1-3-8(11)7-4-5-9(12)6(2)10(7)13;9-6-1-5(2-7(13)3-6)4-11-8(14)12-10;2*8-6-1-5(4-9)2-7(10)3-6/h4-8,23-25H,3,9H2,1-2H3,(H2,20,22,26);1-8,17H,9H2,(H,16,18);4-5,12-13H,3H2,1-2H3;1-3,13H,4,10H2,(H2,11,12,14);1-3,10H,4,9H2;1-3,10H/b21-15+;;;;;. The van der Waals surface area contributed by atoms with E-state index in [-0.39, 0.29) is 94.8 Å². The van der Waals surface area contributed by atoms with E-state index < -0.39 is 47.2 Å². The smallest absolute Gasteiger partial charge is 0.412 e. The third kappa shape index (κ3) is 26.6. The Kier molecular flexibility index (Phi) is 30.6. The van der Waals surface area contributed by atoms with Crippen LogP contribution in [0.4, 0.5) is 36.3 Å². The highest BCUT2D eigenvalue weighted by Crippen LogP contribution is 2.31. The molecule has 23 nitrogen and oxygen atoms in total. The monoisotopic (exact) mass is 1280 g/mol. The van der Waals surface area contributed by atoms with Crippen LogP contribution in [0.25, 0.3) is 0 Å². The maximum atomic E-state index is 13.2. The summed E-state index contributed by atoms with van der Waals surface area (Å²) in [6.07, 6.45) is 0.128. The van der Waals surface area contributed by atoms with Crippen LogP contribution in [0, 0.1) is 54.3 Å². The minimum absolute atomic E-state index is 0.00228. The summed E-state index contributed by atoms with van der Waals surface area (Å²) < 4.78 is 68.6. The summed E-state index contributed by atoms with van der Waals surface area (Å²) >= 11 is 0. The molecule has 0 saturated carbocycles. The van der Waals surface area contributed by atoms with Gasteiger partial charge in [-0.25, -0.2) is 47.6 Å². The molecule has 0 fully saturated rings. The number of nitrogens with two attached hydrogens (primary N) is 2. The van der Waals surface area contributed by atoms with E-state index in [1.165, 1.54) is 78.9 Å². The number of nitriles is 1. The maximum Gasteiger partial charge on any atom is 0.412 e. The van der Waals surface area contributed by atoms with Gasteiger partial charge in [0.1, 0.15) is 86.6 Å². The van der Waals surface area contributed by atoms with Gasteiger partial charge in [0.15, 0.2) is 5.78 Å². The zero-order valence-corrected chi connectivity index (χ0v) is 49.6. The Morgan fingerprint density at radius 2 is 0.913 bits per heavy atom. The zero-order valence-electron chi connectivity index (χ0n) is 49.6. The molecular formula is C64H66F5N9O14. The van der Waals surface area contributed by atoms with Gasteiger partial charge in [0.2, 0.25) is 0 Å². The number of hydrazine groups is 1. The Morgan fingerprint density at radius 1 is 0.511 bits per heavy atom. The third-order valence-electron chi connectivity index (χ3n) is 11.8. The Labute approximate surface area is 523 Å². The highest BCUT2D eigenvalue weighted by Gasteiger charge is 2.15. The van der Waals surface area contributed by atoms with Crippen molar-refractivity contribution in [1.82, 2.24) is 26.8 Å². The lowest BCUT2D eigenvalue weighted by atomic mass is 10.0. The van der Waals surface area contributed by atoms with Crippen LogP contribution in [0.5, 0.6) is 57.5 Å². The topological polar surface area (TPSA) is 408 Å². The minimum atomic E-state index is -0.644. The molecule has 0 atom stereocenters. The number of urea groups is 2. The lowest BCUT2D eigenvalue weighted by molar-refractivity contribution is 0.0985. The van der Waals surface area contributed by atoms with Crippen molar-refractivity contribution in [3.63, 3.8) is 0 Å². The summed E-state index contributed by atoms with van der Waals surface area (Å²) in [5.41, 5.74) is 13.1. The molecule has 5 amide bonds. The van der Waals surface area contributed by atoms with Crippen LogP contribution in [-0.4, -0.2) is 75.6 Å². The molecular weight excluding hydrogens is 1210 g/mol. The first-order chi connectivity index (χ1) is 43.6. The molecule has 0 aromatic heterocycles. The SMILES string of the molecule is CC/C(=N\NC(=O)NCc1cc(O)cc(F)c1)c1ccc(O)c(C)c1O.CCC(=O)c1ccc(O)c(C)c1O.N#Cc1cc(O)cc(F)c1.NCc1cc(O)cc(F)c1.NNC(=O)NCc1cc(O)cc(F)c1.O=C(NCc1cc(O)cc(F)c1)Oc1ccccc1. The Balaban J connectivity index is 0.000000299. The number of Topliss-reactive ketones (excluding diaryl/α,β-unsaturated/α-hetero) is 1. The van der Waals surface area contributed by atoms with Crippen LogP contribution in [0.1, 0.15) is 81.6 Å². The number of ketones is 1. The number of rotatable bonds is 13. The normalized spacial score (nSPS) is 10.1. The summed E-state index contributed by atoms with van der Waals surface area (Å²) in [5.74, 6) is 1.15. The van der Waals surface area contributed by atoms with Crippen molar-refractivity contribution < 1.29 is 91.8 Å². The molecule has 0 saturated heterocycles. The van der Waals surface area contributed by atoms with Crippen LogP contribution in [0.2, 0.25) is 0 Å². The van der Waals surface area contributed by atoms with E-state index >= 15 is 0 Å². The summed E-state index contributed by atoms with van der Waals surface area (Å²) in [4.78, 5) is 45.2. The average molecular weight is 1280 g/mol. The molecule has 0 bridgehead atoms. The van der Waals surface area contributed by atoms with Gasteiger partial charge in [0.25, 0.3) is 0 Å². The molecule has 28 heteroatoms. The number of phenols is 9. The van der Waals surface area contributed by atoms with Crippen LogP contribution in [0.3, 0.4) is 0 Å². The van der Waals surface area contributed by atoms with E-state index in [0.29, 0.717) is 63.2 Å². The fraction of sp³-hybridized carbons (Fsp3) is 0.156. The molecule has 92 heavy (non-hydrogen) atoms. The predicted octanol–water partition coefficient (Wildman–Crippen LogP) is 10.3. The number of phenolic OH excluding ortho intramolecular Hbond substituents is 9. The van der Waals surface area contributed by atoms with E-state index in [2.05, 4.69) is 26.5 Å². The highest BCUT2D eigenvalue weighted by atomic mass is 19.1. The largest absolute Gasteiger partial charge is 0.508 e. The van der Waals surface area contributed by atoms with Crippen LogP contribution in [0.15, 0.2) is 151 Å². The molecule has 0 unspecified atom stereocenters. The Morgan fingerprint density at radius 3 is 1.33 bits per heavy atom. The summed E-state index contributed by atoms with van der Waals surface area (Å²) in [6.45, 7) is 7.06. The molecule has 8 aromatic rings. The lowest BCUT2D eigenvalue weighted by Gasteiger charge is -2.11. The Hall–Kier alpha value is -11.8. The Bertz CT molecular complexity index is 3780. The summed E-state index contributed by atoms with van der Waals surface area (Å²) in [7, 11) is 0. The van der Waals surface area contributed by atoms with Crippen LogP contribution in [-0.2, 0) is 26.2 Å². The number of nitrogens with zero attached hydrogens (tertiary/aromatic N) is 2. The van der Waals surface area contributed by atoms with Gasteiger partial charge in [0, 0.05) is 79.6 Å². The van der Waals surface area contributed by atoms with Crippen molar-refractivity contribution in [3.8, 4) is 63.6 Å². The van der Waals surface area contributed by atoms with Crippen molar-refractivity contribution in [3.05, 3.63) is 225 Å². The van der Waals surface area contributed by atoms with Gasteiger partial charge in [-0.15, -0.1) is 0 Å². The molecule has 0 aliphatic heterocycles. The lowest BCUT2D eigenvalue weighted by Crippen LogP contribution is -2.39. The maximum absolute atomic E-state index is 13.2. The molecule has 8 aromatic carbocycles. The number of hydrogen-bond acceptors (Lipinski definition) is 18. The number of amides is 5. The van der Waals surface area contributed by atoms with Gasteiger partial charge in [-0.2, -0.15) is 10.4 Å². The number of benzene rings is 8. The second-order valence-corrected chi connectivity index (χ2v) is 18.9. The van der Waals surface area contributed by atoms with Gasteiger partial charge in [-0.3, -0.25) is 10.2 Å². The van der Waals surface area contributed by atoms with E-state index in [9.17, 15) is 71.8 Å². The molecule has 0 heterocycles. The fourth-order valence-corrected chi connectivity index (χ4v) is 7.33. The molecule has 18 N–H and O–H groups in total. The van der Waals surface area contributed by atoms with Crippen molar-refractivity contribution in [2.45, 2.75) is 66.7 Å². The minimum Gasteiger partial charge on any atom is -0.508 e. The van der Waals surface area contributed by atoms with Crippen LogP contribution < -0.4 is 43.1 Å². The van der Waals surface area contributed by atoms with Gasteiger partial charge in [0.05, 0.1) is 22.9 Å². The van der Waals surface area contributed by atoms with E-state index in [0.717, 1.165) is 36.4 Å².